The number of hydrogen-bond acceptors (Lipinski definition) is 1. The molecule has 7 heteroatoms. The zero-order chi connectivity index (χ0) is 14.8. The van der Waals surface area contributed by atoms with Crippen molar-refractivity contribution < 1.29 is 73.5 Å². The maximum atomic E-state index is 13.1. The molecule has 0 aromatic heterocycles. The van der Waals surface area contributed by atoms with Crippen molar-refractivity contribution in [3.8, 4) is 5.75 Å². The van der Waals surface area contributed by atoms with Crippen LogP contribution in [0, 0.1) is 11.7 Å². The number of benzene rings is 1. The third-order valence-corrected chi connectivity index (χ3v) is 3.97. The van der Waals surface area contributed by atoms with E-state index < -0.39 is 18.3 Å². The Morgan fingerprint density at radius 2 is 1.86 bits per heavy atom. The second-order valence-corrected chi connectivity index (χ2v) is 5.37. The largest absolute Gasteiger partial charge is 1.00 e. The topological polar surface area (TPSA) is 9.23 Å². The smallest absolute Gasteiger partial charge is 0.493 e. The van der Waals surface area contributed by atoms with E-state index in [1.807, 2.05) is 6.92 Å². The van der Waals surface area contributed by atoms with Crippen LogP contribution in [0.15, 0.2) is 18.2 Å². The van der Waals surface area contributed by atoms with Crippen LogP contribution in [0.2, 0.25) is 0 Å². The van der Waals surface area contributed by atoms with E-state index in [2.05, 4.69) is 0 Å². The van der Waals surface area contributed by atoms with E-state index in [4.69, 9.17) is 4.74 Å². The average molecular weight is 328 g/mol. The number of halogens is 4. The van der Waals surface area contributed by atoms with Gasteiger partial charge in [-0.3, -0.25) is 0 Å². The molecule has 0 amide bonds. The van der Waals surface area contributed by atoms with Crippen LogP contribution in [0.5, 0.6) is 5.75 Å². The first kappa shape index (κ1) is 19.5. The van der Waals surface area contributed by atoms with Gasteiger partial charge in [0.05, 0.1) is 5.75 Å². The molecular weight excluding hydrogens is 310 g/mol. The first-order valence-electron chi connectivity index (χ1n) is 7.08. The second kappa shape index (κ2) is 8.34. The Hall–Kier alpha value is 0.441. The van der Waals surface area contributed by atoms with Crippen molar-refractivity contribution in [1.82, 2.24) is 0 Å². The molecule has 1 nitrogen and oxygen atoms in total. The summed E-state index contributed by atoms with van der Waals surface area (Å²) in [6, 6.07) is 2.64. The summed E-state index contributed by atoms with van der Waals surface area (Å²) >= 11 is 0. The molecule has 0 aliphatic heterocycles. The van der Waals surface area contributed by atoms with Gasteiger partial charge in [-0.15, -0.1) is 0 Å². The number of rotatable bonds is 4. The Bertz CT molecular complexity index is 467. The summed E-state index contributed by atoms with van der Waals surface area (Å²) < 4.78 is 57.6. The van der Waals surface area contributed by atoms with E-state index in [1.165, 1.54) is 0 Å². The summed E-state index contributed by atoms with van der Waals surface area (Å²) in [5.74, 6) is -0.839. The van der Waals surface area contributed by atoms with Crippen molar-refractivity contribution in [3.05, 3.63) is 24.0 Å². The molecule has 2 atom stereocenters. The number of hydrogen-bond donors (Lipinski definition) is 0. The van der Waals surface area contributed by atoms with Crippen molar-refractivity contribution in [2.75, 3.05) is 0 Å². The molecule has 0 bridgehead atoms. The summed E-state index contributed by atoms with van der Waals surface area (Å²) in [5.41, 5.74) is -0.967. The van der Waals surface area contributed by atoms with E-state index in [0.717, 1.165) is 44.2 Å². The first-order chi connectivity index (χ1) is 9.41. The first-order valence-corrected chi connectivity index (χ1v) is 7.08. The summed E-state index contributed by atoms with van der Waals surface area (Å²) in [7, 11) is 0. The van der Waals surface area contributed by atoms with Crippen LogP contribution in [-0.2, 0) is 0 Å². The van der Waals surface area contributed by atoms with Crippen LogP contribution in [0.3, 0.4) is 0 Å². The van der Waals surface area contributed by atoms with Gasteiger partial charge in [-0.1, -0.05) is 18.8 Å². The molecule has 2 rings (SSSR count). The minimum absolute atomic E-state index is 0. The SMILES string of the molecule is CCC1CCCCC1Oc1ccc(F)cc1[B-](F)(F)F.[K+]. The van der Waals surface area contributed by atoms with Crippen LogP contribution in [-0.4, -0.2) is 13.1 Å². The van der Waals surface area contributed by atoms with Crippen LogP contribution in [0.25, 0.3) is 0 Å². The Labute approximate surface area is 165 Å². The van der Waals surface area contributed by atoms with Crippen molar-refractivity contribution in [1.29, 1.82) is 0 Å². The van der Waals surface area contributed by atoms with Gasteiger partial charge in [0.2, 0.25) is 0 Å². The normalized spacial score (nSPS) is 22.5. The van der Waals surface area contributed by atoms with E-state index in [-0.39, 0.29) is 69.2 Å². The van der Waals surface area contributed by atoms with Gasteiger partial charge in [0.15, 0.2) is 0 Å². The zero-order valence-corrected chi connectivity index (χ0v) is 15.5. The van der Waals surface area contributed by atoms with Crippen molar-refractivity contribution in [3.63, 3.8) is 0 Å². The van der Waals surface area contributed by atoms with Crippen LogP contribution >= 0.6 is 0 Å². The van der Waals surface area contributed by atoms with Gasteiger partial charge in [-0.25, -0.2) is 4.39 Å². The van der Waals surface area contributed by atoms with E-state index in [9.17, 15) is 17.3 Å². The molecule has 0 N–H and O–H groups in total. The van der Waals surface area contributed by atoms with E-state index in [0.29, 0.717) is 6.07 Å². The quantitative estimate of drug-likeness (QED) is 0.597. The molecule has 21 heavy (non-hydrogen) atoms. The molecule has 1 saturated carbocycles. The fourth-order valence-electron chi connectivity index (χ4n) is 2.84. The predicted octanol–water partition coefficient (Wildman–Crippen LogP) is 1.23. The van der Waals surface area contributed by atoms with E-state index in [1.54, 1.807) is 0 Å². The maximum absolute atomic E-state index is 13.1. The molecule has 1 aromatic carbocycles. The van der Waals surface area contributed by atoms with Crippen molar-refractivity contribution in [2.24, 2.45) is 5.92 Å². The van der Waals surface area contributed by atoms with Crippen LogP contribution < -0.4 is 61.6 Å². The van der Waals surface area contributed by atoms with Gasteiger partial charge in [0, 0.05) is 0 Å². The molecule has 0 spiro atoms. The molecule has 1 aliphatic carbocycles. The van der Waals surface area contributed by atoms with Crippen molar-refractivity contribution in [2.45, 2.75) is 45.1 Å². The summed E-state index contributed by atoms with van der Waals surface area (Å²) in [6.45, 7) is -3.25. The summed E-state index contributed by atoms with van der Waals surface area (Å²) in [4.78, 5) is 0. The minimum atomic E-state index is -5.27. The number of ether oxygens (including phenoxy) is 1. The minimum Gasteiger partial charge on any atom is -0.493 e. The monoisotopic (exact) mass is 328 g/mol. The van der Waals surface area contributed by atoms with Gasteiger partial charge in [-0.2, -0.15) is 0 Å². The Morgan fingerprint density at radius 1 is 1.19 bits per heavy atom. The molecule has 2 unspecified atom stereocenters. The van der Waals surface area contributed by atoms with E-state index >= 15 is 0 Å². The Kier molecular flexibility index (Phi) is 7.74. The molecule has 1 fully saturated rings. The molecule has 1 aromatic rings. The fraction of sp³-hybridized carbons (Fsp3) is 0.571. The Balaban J connectivity index is 0.00000220. The summed E-state index contributed by atoms with van der Waals surface area (Å²) in [5, 5.41) is 0. The molecule has 0 saturated heterocycles. The standard InChI is InChI=1S/C14H18BF4O.K/c1-2-10-5-3-4-6-13(10)20-14-8-7-11(16)9-12(14)15(17,18)19;/h7-10,13H,2-6H2,1H3;/q-1;+1. The van der Waals surface area contributed by atoms with Gasteiger partial charge in [0.25, 0.3) is 0 Å². The molecule has 112 valence electrons. The van der Waals surface area contributed by atoms with Gasteiger partial charge < -0.3 is 17.7 Å². The average Bonchev–Trinajstić information content (AvgIpc) is 2.40. The molecule has 0 heterocycles. The zero-order valence-electron chi connectivity index (χ0n) is 12.4. The second-order valence-electron chi connectivity index (χ2n) is 5.37. The van der Waals surface area contributed by atoms with Crippen LogP contribution in [0.1, 0.15) is 39.0 Å². The van der Waals surface area contributed by atoms with Crippen LogP contribution in [0.4, 0.5) is 17.3 Å². The third kappa shape index (κ3) is 5.23. The molecular formula is C14H18BF4KO. The predicted molar refractivity (Wildman–Crippen MR) is 71.8 cm³/mol. The van der Waals surface area contributed by atoms with Gasteiger partial charge in [0.1, 0.15) is 11.9 Å². The van der Waals surface area contributed by atoms with Gasteiger partial charge >= 0.3 is 58.4 Å². The summed E-state index contributed by atoms with van der Waals surface area (Å²) in [6.07, 6.45) is 4.50. The fourth-order valence-corrected chi connectivity index (χ4v) is 2.84. The maximum Gasteiger partial charge on any atom is 1.00 e. The molecule has 0 radical (unpaired) electrons. The third-order valence-electron chi connectivity index (χ3n) is 3.97. The Morgan fingerprint density at radius 3 is 2.48 bits per heavy atom. The van der Waals surface area contributed by atoms with Crippen molar-refractivity contribution >= 4 is 12.4 Å². The van der Waals surface area contributed by atoms with Gasteiger partial charge in [-0.05, 0) is 49.8 Å². The molecule has 1 aliphatic rings.